The predicted octanol–water partition coefficient (Wildman–Crippen LogP) is 3.39. The summed E-state index contributed by atoms with van der Waals surface area (Å²) in [4.78, 5) is 65.2. The van der Waals surface area contributed by atoms with Crippen molar-refractivity contribution in [3.8, 4) is 5.75 Å². The smallest absolute Gasteiger partial charge is 0.328 e. The predicted molar refractivity (Wildman–Crippen MR) is 132 cm³/mol. The van der Waals surface area contributed by atoms with Gasteiger partial charge >= 0.3 is 6.03 Å². The average Bonchev–Trinajstić information content (AvgIpc) is 3.11. The number of amides is 4. The van der Waals surface area contributed by atoms with Gasteiger partial charge in [0.1, 0.15) is 5.75 Å². The number of carbonyl (C=O) groups excluding carboxylic acids is 5. The number of phenolic OH excluding ortho intramolecular Hbond substituents is 1. The van der Waals surface area contributed by atoms with E-state index in [0.29, 0.717) is 21.4 Å². The van der Waals surface area contributed by atoms with E-state index in [1.54, 1.807) is 12.1 Å². The first-order valence-corrected chi connectivity index (χ1v) is 12.3. The molecule has 0 bridgehead atoms. The summed E-state index contributed by atoms with van der Waals surface area (Å²) in [5, 5.41) is 12.6. The summed E-state index contributed by atoms with van der Waals surface area (Å²) in [5.74, 6) is -5.22. The van der Waals surface area contributed by atoms with Crippen molar-refractivity contribution < 1.29 is 29.1 Å². The van der Waals surface area contributed by atoms with Gasteiger partial charge in [0.25, 0.3) is 0 Å². The van der Waals surface area contributed by atoms with Crippen LogP contribution < -0.4 is 5.73 Å². The highest BCUT2D eigenvalue weighted by Gasteiger charge is 2.57. The number of likely N-dealkylation sites (tertiary alicyclic amines) is 1. The number of halogens is 1. The number of Topliss-reactive ketones (excluding diaryl/α,β-unsaturated/α-hetero) is 1. The summed E-state index contributed by atoms with van der Waals surface area (Å²) in [6, 6.07) is 9.58. The second kappa shape index (κ2) is 7.83. The fourth-order valence-electron chi connectivity index (χ4n) is 6.34. The van der Waals surface area contributed by atoms with Gasteiger partial charge in [-0.05, 0) is 51.5 Å². The zero-order valence-corrected chi connectivity index (χ0v) is 20.3. The molecule has 1 aliphatic heterocycles. The second-order valence-electron chi connectivity index (χ2n) is 9.46. The Hall–Kier alpha value is -3.85. The molecule has 0 saturated carbocycles. The third-order valence-electron chi connectivity index (χ3n) is 7.79. The van der Waals surface area contributed by atoms with Crippen LogP contribution >= 0.6 is 15.9 Å². The lowest BCUT2D eigenvalue weighted by Gasteiger charge is -2.42. The Bertz CT molecular complexity index is 1550. The number of fused-ring (bicyclic) bond motifs is 4. The number of rotatable bonds is 1. The summed E-state index contributed by atoms with van der Waals surface area (Å²) >= 11 is 3.18. The number of allylic oxidation sites excluding steroid dienone is 6. The van der Waals surface area contributed by atoms with Crippen LogP contribution in [0.1, 0.15) is 24.3 Å². The van der Waals surface area contributed by atoms with Gasteiger partial charge in [-0.1, -0.05) is 42.0 Å². The molecule has 2 aromatic rings. The number of benzene rings is 2. The molecule has 3 aliphatic carbocycles. The number of phenols is 1. The maximum Gasteiger partial charge on any atom is 0.328 e. The van der Waals surface area contributed by atoms with Crippen LogP contribution in [0.15, 0.2) is 69.8 Å². The zero-order chi connectivity index (χ0) is 25.5. The number of primary amides is 1. The number of ketones is 2. The Morgan fingerprint density at radius 1 is 1.03 bits per heavy atom. The Morgan fingerprint density at radius 3 is 2.53 bits per heavy atom. The first-order chi connectivity index (χ1) is 17.2. The monoisotopic (exact) mass is 546 g/mol. The van der Waals surface area contributed by atoms with Crippen molar-refractivity contribution in [2.24, 2.45) is 23.5 Å². The van der Waals surface area contributed by atoms with Crippen LogP contribution in [0, 0.1) is 17.8 Å². The number of nitrogens with two attached hydrogens (primary N) is 1. The molecule has 1 saturated heterocycles. The molecule has 4 amide bonds. The van der Waals surface area contributed by atoms with Crippen LogP contribution in [0.5, 0.6) is 5.75 Å². The van der Waals surface area contributed by atoms with Gasteiger partial charge in [-0.3, -0.25) is 19.2 Å². The molecule has 2 aromatic carbocycles. The van der Waals surface area contributed by atoms with Gasteiger partial charge in [-0.25, -0.2) is 4.79 Å². The van der Waals surface area contributed by atoms with Gasteiger partial charge in [0, 0.05) is 28.7 Å². The third kappa shape index (κ3) is 2.95. The number of imide groups is 3. The molecule has 9 heteroatoms. The van der Waals surface area contributed by atoms with E-state index < -0.39 is 41.5 Å². The molecule has 0 radical (unpaired) electrons. The van der Waals surface area contributed by atoms with Crippen molar-refractivity contribution in [2.75, 3.05) is 0 Å². The highest BCUT2D eigenvalue weighted by Crippen LogP contribution is 2.57. The molecule has 0 aromatic heterocycles. The fraction of sp³-hybridized carbons (Fsp3) is 0.222. The molecule has 1 fully saturated rings. The average molecular weight is 547 g/mol. The molecule has 4 atom stereocenters. The second-order valence-corrected chi connectivity index (χ2v) is 10.3. The summed E-state index contributed by atoms with van der Waals surface area (Å²) in [6.07, 6.45) is 3.30. The van der Waals surface area contributed by atoms with Gasteiger partial charge in [0.05, 0.1) is 16.3 Å². The standard InChI is InChI=1S/C27H19BrN2O6/c28-17-10-19(32)22-16(24(17)33)9-15-13(6-7-14-20(15)26(35)30(25(14)34)27(29)36)23(22)21-12-4-2-1-3-11(12)5-8-18(21)31/h1-6,8,10,14-15,20,23,31H,7,9H2,(H2,29,36). The van der Waals surface area contributed by atoms with Crippen molar-refractivity contribution in [2.45, 2.75) is 18.8 Å². The van der Waals surface area contributed by atoms with Gasteiger partial charge in [0.2, 0.25) is 11.8 Å². The van der Waals surface area contributed by atoms with Gasteiger partial charge in [-0.2, -0.15) is 4.90 Å². The van der Waals surface area contributed by atoms with E-state index in [4.69, 9.17) is 5.73 Å². The zero-order valence-electron chi connectivity index (χ0n) is 18.7. The molecule has 36 heavy (non-hydrogen) atoms. The van der Waals surface area contributed by atoms with Crippen molar-refractivity contribution in [3.63, 3.8) is 0 Å². The van der Waals surface area contributed by atoms with E-state index >= 15 is 0 Å². The van der Waals surface area contributed by atoms with E-state index in [1.165, 1.54) is 6.08 Å². The highest BCUT2D eigenvalue weighted by molar-refractivity contribution is 9.12. The third-order valence-corrected chi connectivity index (χ3v) is 8.38. The summed E-state index contributed by atoms with van der Waals surface area (Å²) in [6.45, 7) is 0. The Morgan fingerprint density at radius 2 is 1.78 bits per heavy atom. The topological polar surface area (TPSA) is 135 Å². The maximum atomic E-state index is 13.4. The van der Waals surface area contributed by atoms with Crippen LogP contribution in [0.2, 0.25) is 0 Å². The number of hydrogen-bond donors (Lipinski definition) is 2. The molecule has 8 nitrogen and oxygen atoms in total. The van der Waals surface area contributed by atoms with Crippen LogP contribution in [0.4, 0.5) is 4.79 Å². The molecule has 6 rings (SSSR count). The molecule has 1 heterocycles. The first-order valence-electron chi connectivity index (χ1n) is 11.5. The Kier molecular flexibility index (Phi) is 4.91. The maximum absolute atomic E-state index is 13.4. The van der Waals surface area contributed by atoms with Crippen molar-refractivity contribution >= 4 is 56.1 Å². The van der Waals surface area contributed by atoms with Crippen molar-refractivity contribution in [1.82, 2.24) is 4.90 Å². The number of carbonyl (C=O) groups is 5. The lowest BCUT2D eigenvalue weighted by Crippen LogP contribution is -2.42. The van der Waals surface area contributed by atoms with Crippen LogP contribution in [0.25, 0.3) is 10.8 Å². The van der Waals surface area contributed by atoms with Crippen LogP contribution in [-0.4, -0.2) is 39.4 Å². The highest BCUT2D eigenvalue weighted by atomic mass is 79.9. The van der Waals surface area contributed by atoms with E-state index in [1.807, 2.05) is 30.3 Å². The largest absolute Gasteiger partial charge is 0.508 e. The molecule has 180 valence electrons. The number of urea groups is 1. The molecule has 4 aliphatic rings. The van der Waals surface area contributed by atoms with E-state index in [2.05, 4.69) is 15.9 Å². The molecule has 4 unspecified atom stereocenters. The Labute approximate surface area is 213 Å². The minimum Gasteiger partial charge on any atom is -0.508 e. The van der Waals surface area contributed by atoms with Crippen molar-refractivity contribution in [1.29, 1.82) is 0 Å². The SMILES string of the molecule is NC(=O)N1C(=O)C2CC=C3C(c4c(O)ccc5ccccc45)C4=C(CC3C2C1=O)C(=O)C(Br)=CC4=O. The van der Waals surface area contributed by atoms with Gasteiger partial charge in [0.15, 0.2) is 11.6 Å². The number of aromatic hydroxyl groups is 1. The normalized spacial score (nSPS) is 27.5. The molecular weight excluding hydrogens is 528 g/mol. The number of nitrogens with zero attached hydrogens (tertiary/aromatic N) is 1. The fourth-order valence-corrected chi connectivity index (χ4v) is 6.79. The summed E-state index contributed by atoms with van der Waals surface area (Å²) in [7, 11) is 0. The summed E-state index contributed by atoms with van der Waals surface area (Å²) in [5.41, 5.74) is 6.99. The lowest BCUT2D eigenvalue weighted by atomic mass is 9.59. The molecule has 3 N–H and O–H groups in total. The van der Waals surface area contributed by atoms with E-state index in [0.717, 1.165) is 5.39 Å². The lowest BCUT2D eigenvalue weighted by molar-refractivity contribution is -0.136. The first kappa shape index (κ1) is 22.6. The summed E-state index contributed by atoms with van der Waals surface area (Å²) < 4.78 is 0.111. The minimum absolute atomic E-state index is 0.0457. The minimum atomic E-state index is -1.13. The van der Waals surface area contributed by atoms with Crippen LogP contribution in [0.3, 0.4) is 0 Å². The van der Waals surface area contributed by atoms with E-state index in [9.17, 15) is 29.1 Å². The molecule has 0 spiro atoms. The number of hydrogen-bond acceptors (Lipinski definition) is 6. The van der Waals surface area contributed by atoms with Crippen molar-refractivity contribution in [3.05, 3.63) is 75.3 Å². The van der Waals surface area contributed by atoms with E-state index in [-0.39, 0.29) is 45.8 Å². The quantitative estimate of drug-likeness (QED) is 0.319. The van der Waals surface area contributed by atoms with Gasteiger partial charge < -0.3 is 10.8 Å². The molecular formula is C27H19BrN2O6. The van der Waals surface area contributed by atoms with Gasteiger partial charge in [-0.15, -0.1) is 0 Å². The Balaban J connectivity index is 1.62. The van der Waals surface area contributed by atoms with Crippen LogP contribution in [-0.2, 0) is 19.2 Å².